The van der Waals surface area contributed by atoms with E-state index < -0.39 is 0 Å². The first-order valence-electron chi connectivity index (χ1n) is 7.85. The van der Waals surface area contributed by atoms with Gasteiger partial charge in [0.1, 0.15) is 5.82 Å². The van der Waals surface area contributed by atoms with Crippen LogP contribution in [-0.2, 0) is 11.2 Å². The lowest BCUT2D eigenvalue weighted by atomic mass is 9.95. The summed E-state index contributed by atoms with van der Waals surface area (Å²) in [5, 5.41) is 3.02. The fourth-order valence-corrected chi connectivity index (χ4v) is 2.67. The molecule has 0 saturated carbocycles. The predicted molar refractivity (Wildman–Crippen MR) is 82.9 cm³/mol. The molecule has 1 amide bonds. The number of carbonyl (C=O) groups excluding carboxylic acids is 1. The number of aromatic nitrogens is 2. The van der Waals surface area contributed by atoms with Crippen LogP contribution in [0.5, 0.6) is 0 Å². The number of hydrogen-bond acceptors (Lipinski definition) is 4. The summed E-state index contributed by atoms with van der Waals surface area (Å²) >= 11 is 0. The van der Waals surface area contributed by atoms with Crippen LogP contribution in [0.2, 0.25) is 0 Å². The fraction of sp³-hybridized carbons (Fsp3) is 0.688. The minimum absolute atomic E-state index is 0.166. The second-order valence-corrected chi connectivity index (χ2v) is 6.12. The maximum atomic E-state index is 12.1. The second kappa shape index (κ2) is 7.50. The lowest BCUT2D eigenvalue weighted by Crippen LogP contribution is -2.43. The molecule has 1 fully saturated rings. The van der Waals surface area contributed by atoms with Crippen LogP contribution in [0.1, 0.15) is 38.1 Å². The van der Waals surface area contributed by atoms with E-state index >= 15 is 0 Å². The smallest absolute Gasteiger partial charge is 0.223 e. The van der Waals surface area contributed by atoms with Gasteiger partial charge in [0, 0.05) is 37.3 Å². The zero-order valence-electron chi connectivity index (χ0n) is 13.3. The van der Waals surface area contributed by atoms with Gasteiger partial charge in [0.15, 0.2) is 0 Å². The van der Waals surface area contributed by atoms with E-state index in [2.05, 4.69) is 34.0 Å². The van der Waals surface area contributed by atoms with Gasteiger partial charge in [-0.3, -0.25) is 4.79 Å². The second-order valence-electron chi connectivity index (χ2n) is 6.12. The maximum absolute atomic E-state index is 12.1. The van der Waals surface area contributed by atoms with Crippen molar-refractivity contribution in [2.75, 3.05) is 19.6 Å². The Balaban J connectivity index is 1.69. The highest BCUT2D eigenvalue weighted by molar-refractivity contribution is 5.78. The average molecular weight is 290 g/mol. The number of likely N-dealkylation sites (tertiary alicyclic amines) is 1. The van der Waals surface area contributed by atoms with E-state index in [0.717, 1.165) is 37.3 Å². The van der Waals surface area contributed by atoms with E-state index in [4.69, 9.17) is 0 Å². The molecule has 1 N–H and O–H groups in total. The molecule has 0 atom stereocenters. The third-order valence-corrected chi connectivity index (χ3v) is 4.11. The van der Waals surface area contributed by atoms with Gasteiger partial charge in [-0.15, -0.1) is 0 Å². The topological polar surface area (TPSA) is 58.1 Å². The van der Waals surface area contributed by atoms with Gasteiger partial charge >= 0.3 is 0 Å². The summed E-state index contributed by atoms with van der Waals surface area (Å²) in [6, 6.07) is 0.577. The van der Waals surface area contributed by atoms with Crippen LogP contribution in [0.15, 0.2) is 12.4 Å². The quantitative estimate of drug-likeness (QED) is 0.894. The predicted octanol–water partition coefficient (Wildman–Crippen LogP) is 1.56. The Morgan fingerprint density at radius 3 is 2.52 bits per heavy atom. The first kappa shape index (κ1) is 15.9. The summed E-state index contributed by atoms with van der Waals surface area (Å²) < 4.78 is 0. The summed E-state index contributed by atoms with van der Waals surface area (Å²) in [6.07, 6.45) is 6.24. The van der Waals surface area contributed by atoms with Crippen molar-refractivity contribution in [1.29, 1.82) is 0 Å². The highest BCUT2D eigenvalue weighted by atomic mass is 16.1. The number of piperidine rings is 1. The van der Waals surface area contributed by atoms with Gasteiger partial charge in [-0.1, -0.05) is 0 Å². The maximum Gasteiger partial charge on any atom is 0.223 e. The number of nitrogens with zero attached hydrogens (tertiary/aromatic N) is 3. The Morgan fingerprint density at radius 2 is 1.95 bits per heavy atom. The van der Waals surface area contributed by atoms with Crippen molar-refractivity contribution in [2.45, 2.75) is 46.1 Å². The van der Waals surface area contributed by atoms with Crippen molar-refractivity contribution in [3.8, 4) is 0 Å². The zero-order chi connectivity index (χ0) is 15.2. The number of nitrogens with one attached hydrogen (secondary N) is 1. The zero-order valence-corrected chi connectivity index (χ0v) is 13.3. The molecule has 1 aromatic heterocycles. The fourth-order valence-electron chi connectivity index (χ4n) is 2.67. The van der Waals surface area contributed by atoms with Crippen LogP contribution >= 0.6 is 0 Å². The van der Waals surface area contributed by atoms with Crippen molar-refractivity contribution < 1.29 is 4.79 Å². The Bertz CT molecular complexity index is 450. The van der Waals surface area contributed by atoms with Crippen LogP contribution in [0.3, 0.4) is 0 Å². The number of hydrogen-bond donors (Lipinski definition) is 1. The van der Waals surface area contributed by atoms with E-state index in [1.807, 2.05) is 19.3 Å². The monoisotopic (exact) mass is 290 g/mol. The molecule has 0 radical (unpaired) electrons. The lowest BCUT2D eigenvalue weighted by molar-refractivity contribution is -0.126. The molecule has 0 aromatic carbocycles. The highest BCUT2D eigenvalue weighted by Crippen LogP contribution is 2.18. The van der Waals surface area contributed by atoms with Crippen molar-refractivity contribution in [3.05, 3.63) is 23.8 Å². The van der Waals surface area contributed by atoms with Crippen molar-refractivity contribution in [3.63, 3.8) is 0 Å². The first-order chi connectivity index (χ1) is 10.1. The molecular formula is C16H26N4O. The molecule has 21 heavy (non-hydrogen) atoms. The first-order valence-corrected chi connectivity index (χ1v) is 7.85. The van der Waals surface area contributed by atoms with Gasteiger partial charge in [-0.25, -0.2) is 9.97 Å². The average Bonchev–Trinajstić information content (AvgIpc) is 2.49. The molecule has 5 nitrogen and oxygen atoms in total. The number of amides is 1. The minimum Gasteiger partial charge on any atom is -0.355 e. The van der Waals surface area contributed by atoms with E-state index in [-0.39, 0.29) is 11.8 Å². The van der Waals surface area contributed by atoms with Gasteiger partial charge < -0.3 is 10.2 Å². The van der Waals surface area contributed by atoms with Crippen LogP contribution in [0.4, 0.5) is 0 Å². The molecular weight excluding hydrogens is 264 g/mol. The molecule has 0 bridgehead atoms. The van der Waals surface area contributed by atoms with Crippen LogP contribution < -0.4 is 5.32 Å². The summed E-state index contributed by atoms with van der Waals surface area (Å²) in [4.78, 5) is 23.1. The molecule has 1 saturated heterocycles. The van der Waals surface area contributed by atoms with E-state index in [0.29, 0.717) is 19.0 Å². The SMILES string of the molecule is Cc1cnc(CCNC(=O)C2CCN(C(C)C)CC2)nc1. The summed E-state index contributed by atoms with van der Waals surface area (Å²) in [7, 11) is 0. The van der Waals surface area contributed by atoms with Gasteiger partial charge in [-0.2, -0.15) is 0 Å². The molecule has 1 aliphatic heterocycles. The summed E-state index contributed by atoms with van der Waals surface area (Å²) in [5.74, 6) is 1.14. The third-order valence-electron chi connectivity index (χ3n) is 4.11. The minimum atomic E-state index is 0.166. The number of aryl methyl sites for hydroxylation is 1. The van der Waals surface area contributed by atoms with Gasteiger partial charge in [0.2, 0.25) is 5.91 Å². The highest BCUT2D eigenvalue weighted by Gasteiger charge is 2.25. The van der Waals surface area contributed by atoms with Crippen LogP contribution in [-0.4, -0.2) is 46.5 Å². The van der Waals surface area contributed by atoms with E-state index in [1.165, 1.54) is 0 Å². The molecule has 1 aliphatic rings. The lowest BCUT2D eigenvalue weighted by Gasteiger charge is -2.33. The van der Waals surface area contributed by atoms with Gasteiger partial charge in [-0.05, 0) is 52.3 Å². The molecule has 1 aromatic rings. The van der Waals surface area contributed by atoms with Gasteiger partial charge in [0.05, 0.1) is 0 Å². The summed E-state index contributed by atoms with van der Waals surface area (Å²) in [6.45, 7) is 9.05. The largest absolute Gasteiger partial charge is 0.355 e. The molecule has 2 heterocycles. The normalized spacial score (nSPS) is 17.1. The van der Waals surface area contributed by atoms with Crippen molar-refractivity contribution in [2.24, 2.45) is 5.92 Å². The van der Waals surface area contributed by atoms with E-state index in [9.17, 15) is 4.79 Å². The molecule has 0 unspecified atom stereocenters. The number of rotatable bonds is 5. The Hall–Kier alpha value is -1.49. The van der Waals surface area contributed by atoms with Crippen molar-refractivity contribution in [1.82, 2.24) is 20.2 Å². The van der Waals surface area contributed by atoms with Crippen molar-refractivity contribution >= 4 is 5.91 Å². The Kier molecular flexibility index (Phi) is 5.67. The molecule has 0 aliphatic carbocycles. The molecule has 0 spiro atoms. The van der Waals surface area contributed by atoms with Gasteiger partial charge in [0.25, 0.3) is 0 Å². The van der Waals surface area contributed by atoms with E-state index in [1.54, 1.807) is 0 Å². The standard InChI is InChI=1S/C16H26N4O/c1-12(2)20-8-5-14(6-9-20)16(21)17-7-4-15-18-10-13(3)11-19-15/h10-12,14H,4-9H2,1-3H3,(H,17,21). The molecule has 5 heteroatoms. The van der Waals surface area contributed by atoms with Crippen LogP contribution in [0.25, 0.3) is 0 Å². The number of carbonyl (C=O) groups is 1. The Labute approximate surface area is 127 Å². The molecule has 116 valence electrons. The molecule has 2 rings (SSSR count). The summed E-state index contributed by atoms with van der Waals surface area (Å²) in [5.41, 5.74) is 1.06. The van der Waals surface area contributed by atoms with Crippen LogP contribution in [0, 0.1) is 12.8 Å². The Morgan fingerprint density at radius 1 is 1.33 bits per heavy atom. The third kappa shape index (κ3) is 4.77.